The molecule has 0 bridgehead atoms. The first-order valence-electron chi connectivity index (χ1n) is 10.0. The van der Waals surface area contributed by atoms with Gasteiger partial charge in [0.2, 0.25) is 11.8 Å². The molecule has 1 atom stereocenters. The SMILES string of the molecule is CC(=O)NN1C(=O)CC1CSC(c1ccccc1)(c1ccccc1)c1ccccc1. The predicted octanol–water partition coefficient (Wildman–Crippen LogP) is 4.36. The number of hydrogen-bond acceptors (Lipinski definition) is 3. The Morgan fingerprint density at radius 2 is 1.33 bits per heavy atom. The molecule has 1 aliphatic rings. The van der Waals surface area contributed by atoms with Gasteiger partial charge in [-0.05, 0) is 16.7 Å². The van der Waals surface area contributed by atoms with E-state index in [4.69, 9.17) is 0 Å². The Hall–Kier alpha value is -3.05. The third kappa shape index (κ3) is 3.85. The van der Waals surface area contributed by atoms with Crippen LogP contribution in [0.5, 0.6) is 0 Å². The van der Waals surface area contributed by atoms with Crippen molar-refractivity contribution in [3.05, 3.63) is 108 Å². The molecule has 1 fully saturated rings. The van der Waals surface area contributed by atoms with Crippen molar-refractivity contribution in [1.29, 1.82) is 0 Å². The van der Waals surface area contributed by atoms with Gasteiger partial charge in [-0.3, -0.25) is 15.0 Å². The minimum atomic E-state index is -0.426. The first kappa shape index (κ1) is 20.2. The summed E-state index contributed by atoms with van der Waals surface area (Å²) in [6.07, 6.45) is 0.446. The minimum Gasteiger partial charge on any atom is -0.274 e. The van der Waals surface area contributed by atoms with Gasteiger partial charge in [-0.15, -0.1) is 11.8 Å². The van der Waals surface area contributed by atoms with E-state index in [1.54, 1.807) is 11.8 Å². The highest BCUT2D eigenvalue weighted by atomic mass is 32.2. The van der Waals surface area contributed by atoms with E-state index < -0.39 is 4.75 Å². The van der Waals surface area contributed by atoms with Gasteiger partial charge in [0.25, 0.3) is 0 Å². The number of β-lactam (4-membered cyclic amide) rings is 1. The molecule has 152 valence electrons. The lowest BCUT2D eigenvalue weighted by molar-refractivity contribution is -0.155. The number of rotatable bonds is 7. The standard InChI is InChI=1S/C25H24N2O2S/c1-19(28)26-27-23(17-24(27)29)18-30-25(20-11-5-2-6-12-20,21-13-7-3-8-14-21)22-15-9-4-10-16-22/h2-16,23H,17-18H2,1H3,(H,26,28). The van der Waals surface area contributed by atoms with Crippen molar-refractivity contribution in [1.82, 2.24) is 10.4 Å². The highest BCUT2D eigenvalue weighted by Crippen LogP contribution is 2.49. The molecule has 1 unspecified atom stereocenters. The Labute approximate surface area is 181 Å². The summed E-state index contributed by atoms with van der Waals surface area (Å²) >= 11 is 1.80. The van der Waals surface area contributed by atoms with E-state index in [0.29, 0.717) is 12.2 Å². The molecule has 0 aliphatic carbocycles. The average Bonchev–Trinajstić information content (AvgIpc) is 2.79. The number of hydrazine groups is 1. The fraction of sp³-hybridized carbons (Fsp3) is 0.200. The molecule has 3 aromatic carbocycles. The molecule has 1 N–H and O–H groups in total. The van der Waals surface area contributed by atoms with Crippen molar-refractivity contribution in [3.8, 4) is 0 Å². The number of benzene rings is 3. The fourth-order valence-electron chi connectivity index (χ4n) is 3.93. The summed E-state index contributed by atoms with van der Waals surface area (Å²) in [7, 11) is 0. The van der Waals surface area contributed by atoms with Gasteiger partial charge in [0.15, 0.2) is 0 Å². The maximum absolute atomic E-state index is 12.0. The number of thioether (sulfide) groups is 1. The van der Waals surface area contributed by atoms with Crippen LogP contribution in [-0.2, 0) is 14.3 Å². The topological polar surface area (TPSA) is 49.4 Å². The summed E-state index contributed by atoms with van der Waals surface area (Å²) in [6, 6.07) is 31.4. The van der Waals surface area contributed by atoms with E-state index in [1.165, 1.54) is 28.6 Å². The highest BCUT2D eigenvalue weighted by Gasteiger charge is 2.42. The average molecular weight is 417 g/mol. The van der Waals surface area contributed by atoms with Gasteiger partial charge < -0.3 is 0 Å². The van der Waals surface area contributed by atoms with Crippen LogP contribution in [0.3, 0.4) is 0 Å². The molecule has 0 saturated carbocycles. The molecule has 3 aromatic rings. The van der Waals surface area contributed by atoms with Crippen LogP contribution in [0.2, 0.25) is 0 Å². The highest BCUT2D eigenvalue weighted by molar-refractivity contribution is 8.00. The summed E-state index contributed by atoms with van der Waals surface area (Å²) in [5.41, 5.74) is 6.22. The largest absolute Gasteiger partial charge is 0.274 e. The number of amides is 2. The second kappa shape index (κ2) is 8.76. The Morgan fingerprint density at radius 3 is 1.70 bits per heavy atom. The maximum atomic E-state index is 12.0. The van der Waals surface area contributed by atoms with Crippen molar-refractivity contribution in [2.75, 3.05) is 5.75 Å². The molecular weight excluding hydrogens is 392 g/mol. The summed E-state index contributed by atoms with van der Waals surface area (Å²) in [5.74, 6) is 0.434. The Bertz CT molecular complexity index is 912. The molecule has 0 aromatic heterocycles. The zero-order chi connectivity index (χ0) is 21.0. The quantitative estimate of drug-likeness (QED) is 0.460. The molecule has 0 spiro atoms. The fourth-order valence-corrected chi connectivity index (χ4v) is 5.55. The Kier molecular flexibility index (Phi) is 5.91. The second-order valence-corrected chi connectivity index (χ2v) is 8.61. The molecular formula is C25H24N2O2S. The predicted molar refractivity (Wildman–Crippen MR) is 121 cm³/mol. The lowest BCUT2D eigenvalue weighted by atomic mass is 9.84. The zero-order valence-electron chi connectivity index (χ0n) is 16.8. The van der Waals surface area contributed by atoms with Gasteiger partial charge in [0, 0.05) is 12.7 Å². The summed E-state index contributed by atoms with van der Waals surface area (Å²) in [4.78, 5) is 23.5. The monoisotopic (exact) mass is 416 g/mol. The van der Waals surface area contributed by atoms with Gasteiger partial charge in [0.05, 0.1) is 17.2 Å². The van der Waals surface area contributed by atoms with Gasteiger partial charge >= 0.3 is 0 Å². The molecule has 1 aliphatic heterocycles. The van der Waals surface area contributed by atoms with Crippen molar-refractivity contribution in [2.45, 2.75) is 24.1 Å². The Morgan fingerprint density at radius 1 is 0.900 bits per heavy atom. The van der Waals surface area contributed by atoms with E-state index in [9.17, 15) is 9.59 Å². The van der Waals surface area contributed by atoms with Crippen molar-refractivity contribution >= 4 is 23.6 Å². The van der Waals surface area contributed by atoms with Crippen LogP contribution in [0, 0.1) is 0 Å². The third-order valence-corrected chi connectivity index (χ3v) is 7.05. The number of nitrogens with one attached hydrogen (secondary N) is 1. The molecule has 1 saturated heterocycles. The number of carbonyl (C=O) groups excluding carboxylic acids is 2. The molecule has 1 heterocycles. The minimum absolute atomic E-state index is 0.0260. The molecule has 4 nitrogen and oxygen atoms in total. The van der Waals surface area contributed by atoms with Gasteiger partial charge in [0.1, 0.15) is 0 Å². The van der Waals surface area contributed by atoms with Crippen LogP contribution >= 0.6 is 11.8 Å². The van der Waals surface area contributed by atoms with Crippen LogP contribution in [0.15, 0.2) is 91.0 Å². The van der Waals surface area contributed by atoms with Crippen molar-refractivity contribution < 1.29 is 9.59 Å². The lowest BCUT2D eigenvalue weighted by Gasteiger charge is -2.42. The van der Waals surface area contributed by atoms with Crippen LogP contribution in [0.1, 0.15) is 30.0 Å². The maximum Gasteiger partial charge on any atom is 0.243 e. The second-order valence-electron chi connectivity index (χ2n) is 7.38. The normalized spacial score (nSPS) is 16.1. The molecule has 5 heteroatoms. The van der Waals surface area contributed by atoms with Crippen LogP contribution < -0.4 is 5.43 Å². The third-order valence-electron chi connectivity index (χ3n) is 5.36. The Balaban J connectivity index is 1.76. The summed E-state index contributed by atoms with van der Waals surface area (Å²) in [6.45, 7) is 1.43. The van der Waals surface area contributed by atoms with Crippen molar-refractivity contribution in [3.63, 3.8) is 0 Å². The number of hydrogen-bond donors (Lipinski definition) is 1. The molecule has 4 rings (SSSR count). The zero-order valence-corrected chi connectivity index (χ0v) is 17.6. The molecule has 2 amide bonds. The van der Waals surface area contributed by atoms with E-state index in [0.717, 1.165) is 0 Å². The first-order chi connectivity index (χ1) is 14.6. The number of carbonyl (C=O) groups is 2. The summed E-state index contributed by atoms with van der Waals surface area (Å²) in [5, 5.41) is 1.47. The van der Waals surface area contributed by atoms with Crippen LogP contribution in [-0.4, -0.2) is 28.6 Å². The number of nitrogens with zero attached hydrogens (tertiary/aromatic N) is 1. The van der Waals surface area contributed by atoms with Crippen LogP contribution in [0.4, 0.5) is 0 Å². The summed E-state index contributed by atoms with van der Waals surface area (Å²) < 4.78 is -0.426. The van der Waals surface area contributed by atoms with Gasteiger partial charge in [-0.1, -0.05) is 91.0 Å². The first-order valence-corrected chi connectivity index (χ1v) is 11.0. The van der Waals surface area contributed by atoms with E-state index in [-0.39, 0.29) is 17.9 Å². The van der Waals surface area contributed by atoms with Gasteiger partial charge in [-0.25, -0.2) is 5.01 Å². The van der Waals surface area contributed by atoms with E-state index in [1.807, 2.05) is 18.2 Å². The molecule has 0 radical (unpaired) electrons. The van der Waals surface area contributed by atoms with Gasteiger partial charge in [-0.2, -0.15) is 0 Å². The van der Waals surface area contributed by atoms with Crippen molar-refractivity contribution in [2.24, 2.45) is 0 Å². The lowest BCUT2D eigenvalue weighted by Crippen LogP contribution is -2.61. The van der Waals surface area contributed by atoms with Crippen LogP contribution in [0.25, 0.3) is 0 Å². The van der Waals surface area contributed by atoms with E-state index in [2.05, 4.69) is 78.2 Å². The smallest absolute Gasteiger partial charge is 0.243 e. The van der Waals surface area contributed by atoms with E-state index >= 15 is 0 Å². The molecule has 30 heavy (non-hydrogen) atoms.